The molecular formula is C27H58F2N2O3. The molecule has 34 heavy (non-hydrogen) atoms. The van der Waals surface area contributed by atoms with Gasteiger partial charge in [0.25, 0.3) is 0 Å². The molecule has 0 atom stereocenters. The highest BCUT2D eigenvalue weighted by atomic mass is 19.0. The van der Waals surface area contributed by atoms with Gasteiger partial charge in [-0.2, -0.15) is 0 Å². The summed E-state index contributed by atoms with van der Waals surface area (Å²) in [6.07, 6.45) is 22.3. The van der Waals surface area contributed by atoms with E-state index in [-0.39, 0.29) is 15.2 Å². The number of nitrogens with two attached hydrogens (primary N) is 2. The third-order valence-corrected chi connectivity index (χ3v) is 6.01. The van der Waals surface area contributed by atoms with Crippen molar-refractivity contribution in [2.24, 2.45) is 11.5 Å². The van der Waals surface area contributed by atoms with Crippen molar-refractivity contribution in [2.45, 2.75) is 143 Å². The van der Waals surface area contributed by atoms with Gasteiger partial charge >= 0.3 is 0 Å². The average Bonchev–Trinajstić information content (AvgIpc) is 2.77. The first-order valence-corrected chi connectivity index (χ1v) is 13.7. The van der Waals surface area contributed by atoms with Crippen molar-refractivity contribution in [3.05, 3.63) is 11.6 Å². The van der Waals surface area contributed by atoms with Crippen LogP contribution >= 0.6 is 0 Å². The van der Waals surface area contributed by atoms with Gasteiger partial charge in [0.2, 0.25) is 5.79 Å². The normalized spacial score (nSPS) is 10.9. The van der Waals surface area contributed by atoms with Gasteiger partial charge in [-0.15, -0.1) is 0 Å². The van der Waals surface area contributed by atoms with Crippen LogP contribution in [0.5, 0.6) is 0 Å². The molecule has 0 aromatic rings. The highest BCUT2D eigenvalue weighted by molar-refractivity contribution is 5.11. The summed E-state index contributed by atoms with van der Waals surface area (Å²) >= 11 is 0. The van der Waals surface area contributed by atoms with Crippen LogP contribution in [-0.2, 0) is 14.2 Å². The molecule has 0 saturated carbocycles. The standard InChI is InChI=1S/C27H56N2O3.2FH/c1-5-9-10-11-12-13-14-15-16-17-18-19-20-21-22-23-24-27(31-7-3,32-8-4)25(26(28)29)30-6-2;;/h5-24,28-29H2,1-4H3;2*1H. The Hall–Kier alpha value is -1.08. The number of ether oxygens (including phenoxy) is 3. The Morgan fingerprint density at radius 3 is 1.18 bits per heavy atom. The van der Waals surface area contributed by atoms with Crippen LogP contribution in [0.25, 0.3) is 0 Å². The predicted molar refractivity (Wildman–Crippen MR) is 142 cm³/mol. The SMILES string of the molecule is CCCCCCCCCCCCCCCCCCC(OCC)(OCC)C(OCC)=C(N)N.F.F. The van der Waals surface area contributed by atoms with Gasteiger partial charge in [0.15, 0.2) is 5.76 Å². The van der Waals surface area contributed by atoms with E-state index in [2.05, 4.69) is 6.92 Å². The minimum absolute atomic E-state index is 0. The lowest BCUT2D eigenvalue weighted by Gasteiger charge is -2.35. The van der Waals surface area contributed by atoms with Crippen molar-refractivity contribution >= 4 is 0 Å². The molecule has 7 heteroatoms. The zero-order valence-electron chi connectivity index (χ0n) is 22.8. The molecule has 0 aliphatic heterocycles. The van der Waals surface area contributed by atoms with Crippen LogP contribution < -0.4 is 11.5 Å². The molecule has 0 aromatic heterocycles. The van der Waals surface area contributed by atoms with E-state index in [4.69, 9.17) is 25.7 Å². The van der Waals surface area contributed by atoms with Gasteiger partial charge in [-0.25, -0.2) is 0 Å². The highest BCUT2D eigenvalue weighted by Gasteiger charge is 2.39. The van der Waals surface area contributed by atoms with Crippen molar-refractivity contribution in [3.8, 4) is 0 Å². The molecule has 4 N–H and O–H groups in total. The van der Waals surface area contributed by atoms with Gasteiger partial charge < -0.3 is 25.7 Å². The van der Waals surface area contributed by atoms with E-state index in [0.717, 1.165) is 12.8 Å². The van der Waals surface area contributed by atoms with Crippen molar-refractivity contribution in [1.29, 1.82) is 0 Å². The third-order valence-electron chi connectivity index (χ3n) is 6.01. The van der Waals surface area contributed by atoms with Gasteiger partial charge in [-0.05, 0) is 27.2 Å². The van der Waals surface area contributed by atoms with Crippen LogP contribution in [0.2, 0.25) is 0 Å². The summed E-state index contributed by atoms with van der Waals surface area (Å²) in [5, 5.41) is 0. The molecule has 0 radical (unpaired) electrons. The predicted octanol–water partition coefficient (Wildman–Crippen LogP) is 7.84. The second-order valence-electron chi connectivity index (χ2n) is 8.89. The van der Waals surface area contributed by atoms with Crippen molar-refractivity contribution in [1.82, 2.24) is 0 Å². The van der Waals surface area contributed by atoms with Crippen LogP contribution in [0, 0.1) is 0 Å². The highest BCUT2D eigenvalue weighted by Crippen LogP contribution is 2.31. The second-order valence-corrected chi connectivity index (χ2v) is 8.89. The summed E-state index contributed by atoms with van der Waals surface area (Å²) in [6, 6.07) is 0. The van der Waals surface area contributed by atoms with Crippen LogP contribution in [0.15, 0.2) is 11.6 Å². The number of halogens is 2. The van der Waals surface area contributed by atoms with E-state index in [1.54, 1.807) is 0 Å². The largest absolute Gasteiger partial charge is 0.489 e. The first-order valence-electron chi connectivity index (χ1n) is 13.7. The Morgan fingerprint density at radius 1 is 0.529 bits per heavy atom. The Morgan fingerprint density at radius 2 is 0.882 bits per heavy atom. The smallest absolute Gasteiger partial charge is 0.231 e. The minimum atomic E-state index is -0.964. The molecule has 0 saturated heterocycles. The Bertz CT molecular complexity index is 442. The summed E-state index contributed by atoms with van der Waals surface area (Å²) in [5.41, 5.74) is 11.8. The van der Waals surface area contributed by atoms with Crippen molar-refractivity contribution < 1.29 is 23.6 Å². The molecule has 0 rings (SSSR count). The van der Waals surface area contributed by atoms with Crippen molar-refractivity contribution in [2.75, 3.05) is 19.8 Å². The Kier molecular flexibility index (Phi) is 29.2. The zero-order chi connectivity index (χ0) is 23.9. The quantitative estimate of drug-likeness (QED) is 0.0808. The fraction of sp³-hybridized carbons (Fsp3) is 0.926. The number of hydrogen-bond donors (Lipinski definition) is 2. The molecule has 0 aliphatic rings. The van der Waals surface area contributed by atoms with Crippen LogP contribution in [0.1, 0.15) is 137 Å². The third kappa shape index (κ3) is 18.3. The lowest BCUT2D eigenvalue weighted by molar-refractivity contribution is -0.233. The molecule has 0 aromatic carbocycles. The fourth-order valence-electron chi connectivity index (χ4n) is 4.36. The second kappa shape index (κ2) is 26.5. The topological polar surface area (TPSA) is 79.7 Å². The lowest BCUT2D eigenvalue weighted by atomic mass is 10.0. The Balaban J connectivity index is -0.00000480. The average molecular weight is 497 g/mol. The van der Waals surface area contributed by atoms with E-state index in [0.29, 0.717) is 32.0 Å². The number of unbranched alkanes of at least 4 members (excludes halogenated alkanes) is 15. The maximum absolute atomic E-state index is 6.01. The van der Waals surface area contributed by atoms with Crippen LogP contribution in [-0.4, -0.2) is 25.6 Å². The molecule has 5 nitrogen and oxygen atoms in total. The minimum Gasteiger partial charge on any atom is -0.489 e. The van der Waals surface area contributed by atoms with Crippen LogP contribution in [0.3, 0.4) is 0 Å². The first kappa shape index (κ1) is 37.5. The molecule has 0 heterocycles. The molecule has 0 aliphatic carbocycles. The van der Waals surface area contributed by atoms with Gasteiger partial charge in [-0.1, -0.05) is 103 Å². The van der Waals surface area contributed by atoms with Gasteiger partial charge in [0.05, 0.1) is 6.61 Å². The molecule has 0 bridgehead atoms. The summed E-state index contributed by atoms with van der Waals surface area (Å²) in [6.45, 7) is 9.63. The molecule has 0 amide bonds. The Labute approximate surface area is 209 Å². The van der Waals surface area contributed by atoms with E-state index in [1.807, 2.05) is 20.8 Å². The van der Waals surface area contributed by atoms with Gasteiger partial charge in [0.1, 0.15) is 5.82 Å². The van der Waals surface area contributed by atoms with E-state index in [9.17, 15) is 0 Å². The molecular weight excluding hydrogens is 438 g/mol. The van der Waals surface area contributed by atoms with E-state index in [1.165, 1.54) is 89.9 Å². The molecule has 0 unspecified atom stereocenters. The number of hydrogen-bond acceptors (Lipinski definition) is 5. The van der Waals surface area contributed by atoms with Crippen LogP contribution in [0.4, 0.5) is 9.41 Å². The van der Waals surface area contributed by atoms with E-state index < -0.39 is 5.79 Å². The van der Waals surface area contributed by atoms with E-state index >= 15 is 0 Å². The zero-order valence-corrected chi connectivity index (χ0v) is 22.8. The van der Waals surface area contributed by atoms with Gasteiger partial charge in [-0.3, -0.25) is 9.41 Å². The maximum Gasteiger partial charge on any atom is 0.231 e. The molecule has 0 fully saturated rings. The fourth-order valence-corrected chi connectivity index (χ4v) is 4.36. The summed E-state index contributed by atoms with van der Waals surface area (Å²) in [4.78, 5) is 0. The van der Waals surface area contributed by atoms with Crippen molar-refractivity contribution in [3.63, 3.8) is 0 Å². The molecule has 0 spiro atoms. The summed E-state index contributed by atoms with van der Waals surface area (Å²) in [5.74, 6) is -0.385. The summed E-state index contributed by atoms with van der Waals surface area (Å²) in [7, 11) is 0. The maximum atomic E-state index is 6.01. The first-order chi connectivity index (χ1) is 15.6. The van der Waals surface area contributed by atoms with Gasteiger partial charge in [0, 0.05) is 19.6 Å². The number of rotatable bonds is 24. The lowest BCUT2D eigenvalue weighted by Crippen LogP contribution is -2.42. The molecule has 208 valence electrons. The monoisotopic (exact) mass is 496 g/mol. The summed E-state index contributed by atoms with van der Waals surface area (Å²) < 4.78 is 17.7.